The van der Waals surface area contributed by atoms with Crippen molar-refractivity contribution in [1.29, 1.82) is 0 Å². The first kappa shape index (κ1) is 15.6. The number of ether oxygens (including phenoxy) is 2. The fraction of sp³-hybridized carbons (Fsp3) is 0.467. The SMILES string of the molecule is COc1ccc(C(=O)N(CCC(N)=S)C2CC2)c(OC)c1. The normalized spacial score (nSPS) is 13.6. The van der Waals surface area contributed by atoms with Crippen LogP contribution >= 0.6 is 12.2 Å². The number of amides is 1. The van der Waals surface area contributed by atoms with Crippen LogP contribution in [0, 0.1) is 0 Å². The van der Waals surface area contributed by atoms with Gasteiger partial charge in [-0.3, -0.25) is 4.79 Å². The Morgan fingerprint density at radius 2 is 2.10 bits per heavy atom. The highest BCUT2D eigenvalue weighted by Crippen LogP contribution is 2.31. The molecule has 0 spiro atoms. The largest absolute Gasteiger partial charge is 0.497 e. The van der Waals surface area contributed by atoms with Gasteiger partial charge < -0.3 is 20.1 Å². The van der Waals surface area contributed by atoms with Crippen LogP contribution in [0.3, 0.4) is 0 Å². The maximum Gasteiger partial charge on any atom is 0.257 e. The summed E-state index contributed by atoms with van der Waals surface area (Å²) in [6.07, 6.45) is 2.60. The van der Waals surface area contributed by atoms with Gasteiger partial charge in [-0.15, -0.1) is 0 Å². The second-order valence-electron chi connectivity index (χ2n) is 5.01. The molecule has 1 aromatic rings. The summed E-state index contributed by atoms with van der Waals surface area (Å²) >= 11 is 4.90. The van der Waals surface area contributed by atoms with E-state index in [2.05, 4.69) is 0 Å². The van der Waals surface area contributed by atoms with Crippen LogP contribution in [-0.4, -0.2) is 42.6 Å². The van der Waals surface area contributed by atoms with Gasteiger partial charge in [0.2, 0.25) is 0 Å². The maximum absolute atomic E-state index is 12.7. The van der Waals surface area contributed by atoms with Crippen molar-refractivity contribution in [2.75, 3.05) is 20.8 Å². The van der Waals surface area contributed by atoms with Gasteiger partial charge in [-0.05, 0) is 25.0 Å². The fourth-order valence-corrected chi connectivity index (χ4v) is 2.29. The Hall–Kier alpha value is -1.82. The summed E-state index contributed by atoms with van der Waals surface area (Å²) in [5, 5.41) is 0. The number of nitrogens with zero attached hydrogens (tertiary/aromatic N) is 1. The van der Waals surface area contributed by atoms with Crippen molar-refractivity contribution in [1.82, 2.24) is 4.90 Å². The number of benzene rings is 1. The van der Waals surface area contributed by atoms with E-state index in [1.165, 1.54) is 0 Å². The summed E-state index contributed by atoms with van der Waals surface area (Å²) in [7, 11) is 3.12. The zero-order valence-corrected chi connectivity index (χ0v) is 13.1. The smallest absolute Gasteiger partial charge is 0.257 e. The third-order valence-corrected chi connectivity index (χ3v) is 3.69. The van der Waals surface area contributed by atoms with Crippen LogP contribution in [0.25, 0.3) is 0 Å². The van der Waals surface area contributed by atoms with Gasteiger partial charge in [0.1, 0.15) is 11.5 Å². The Kier molecular flexibility index (Phi) is 5.01. The van der Waals surface area contributed by atoms with Gasteiger partial charge in [0.25, 0.3) is 5.91 Å². The molecule has 1 saturated carbocycles. The molecule has 0 radical (unpaired) electrons. The fourth-order valence-electron chi connectivity index (χ4n) is 2.20. The van der Waals surface area contributed by atoms with E-state index in [1.54, 1.807) is 32.4 Å². The standard InChI is InChI=1S/C15H20N2O3S/c1-19-11-5-6-12(13(9-11)20-2)15(18)17(10-3-4-10)8-7-14(16)21/h5-6,9-10H,3-4,7-8H2,1-2H3,(H2,16,21). The molecule has 114 valence electrons. The van der Waals surface area contributed by atoms with Gasteiger partial charge >= 0.3 is 0 Å². The summed E-state index contributed by atoms with van der Waals surface area (Å²) < 4.78 is 10.5. The number of methoxy groups -OCH3 is 2. The highest BCUT2D eigenvalue weighted by atomic mass is 32.1. The molecule has 1 aliphatic rings. The lowest BCUT2D eigenvalue weighted by atomic mass is 10.1. The molecule has 6 heteroatoms. The van der Waals surface area contributed by atoms with Crippen molar-refractivity contribution in [3.63, 3.8) is 0 Å². The van der Waals surface area contributed by atoms with Crippen molar-refractivity contribution in [3.05, 3.63) is 23.8 Å². The topological polar surface area (TPSA) is 64.8 Å². The van der Waals surface area contributed by atoms with Crippen molar-refractivity contribution >= 4 is 23.1 Å². The molecule has 1 aromatic carbocycles. The van der Waals surface area contributed by atoms with E-state index >= 15 is 0 Å². The second-order valence-corrected chi connectivity index (χ2v) is 5.54. The molecule has 0 heterocycles. The van der Waals surface area contributed by atoms with E-state index < -0.39 is 0 Å². The minimum Gasteiger partial charge on any atom is -0.497 e. The molecule has 2 N–H and O–H groups in total. The van der Waals surface area contributed by atoms with E-state index in [9.17, 15) is 4.79 Å². The molecular weight excluding hydrogens is 288 g/mol. The zero-order valence-electron chi connectivity index (χ0n) is 12.3. The number of thiocarbonyl (C=S) groups is 1. The van der Waals surface area contributed by atoms with E-state index in [4.69, 9.17) is 27.4 Å². The highest BCUT2D eigenvalue weighted by molar-refractivity contribution is 7.80. The molecule has 0 unspecified atom stereocenters. The molecular formula is C15H20N2O3S. The van der Waals surface area contributed by atoms with E-state index in [0.717, 1.165) is 12.8 Å². The molecule has 1 fully saturated rings. The van der Waals surface area contributed by atoms with Crippen molar-refractivity contribution < 1.29 is 14.3 Å². The van der Waals surface area contributed by atoms with Crippen LogP contribution < -0.4 is 15.2 Å². The number of carbonyl (C=O) groups excluding carboxylic acids is 1. The van der Waals surface area contributed by atoms with Gasteiger partial charge in [0.05, 0.1) is 24.8 Å². The molecule has 1 aliphatic carbocycles. The van der Waals surface area contributed by atoms with Crippen LogP contribution in [0.5, 0.6) is 11.5 Å². The molecule has 1 amide bonds. The average Bonchev–Trinajstić information content (AvgIpc) is 3.31. The first-order valence-electron chi connectivity index (χ1n) is 6.88. The lowest BCUT2D eigenvalue weighted by Gasteiger charge is -2.23. The number of nitrogens with two attached hydrogens (primary N) is 1. The van der Waals surface area contributed by atoms with Crippen molar-refractivity contribution in [2.45, 2.75) is 25.3 Å². The van der Waals surface area contributed by atoms with Gasteiger partial charge in [0.15, 0.2) is 0 Å². The molecule has 2 rings (SSSR count). The van der Waals surface area contributed by atoms with Crippen LogP contribution in [0.15, 0.2) is 18.2 Å². The van der Waals surface area contributed by atoms with Gasteiger partial charge in [-0.1, -0.05) is 12.2 Å². The van der Waals surface area contributed by atoms with Crippen molar-refractivity contribution in [2.24, 2.45) is 5.73 Å². The minimum atomic E-state index is -0.0479. The monoisotopic (exact) mass is 308 g/mol. The van der Waals surface area contributed by atoms with Gasteiger partial charge in [-0.2, -0.15) is 0 Å². The minimum absolute atomic E-state index is 0.0479. The van der Waals surface area contributed by atoms with Crippen LogP contribution in [0.2, 0.25) is 0 Å². The first-order chi connectivity index (χ1) is 10.1. The summed E-state index contributed by atoms with van der Waals surface area (Å²) in [5.74, 6) is 1.12. The second kappa shape index (κ2) is 6.76. The first-order valence-corrected chi connectivity index (χ1v) is 7.29. The Bertz CT molecular complexity index is 544. The lowest BCUT2D eigenvalue weighted by molar-refractivity contribution is 0.0744. The average molecular weight is 308 g/mol. The van der Waals surface area contributed by atoms with Crippen molar-refractivity contribution in [3.8, 4) is 11.5 Å². The molecule has 0 saturated heterocycles. The third kappa shape index (κ3) is 3.85. The van der Waals surface area contributed by atoms with Crippen LogP contribution in [0.4, 0.5) is 0 Å². The number of hydrogen-bond acceptors (Lipinski definition) is 4. The predicted octanol–water partition coefficient (Wildman–Crippen LogP) is 1.98. The zero-order chi connectivity index (χ0) is 15.4. The summed E-state index contributed by atoms with van der Waals surface area (Å²) in [5.41, 5.74) is 6.08. The molecule has 5 nitrogen and oxygen atoms in total. The highest BCUT2D eigenvalue weighted by Gasteiger charge is 2.33. The summed E-state index contributed by atoms with van der Waals surface area (Å²) in [6.45, 7) is 0.550. The number of rotatable bonds is 7. The van der Waals surface area contributed by atoms with Crippen LogP contribution in [-0.2, 0) is 0 Å². The number of carbonyl (C=O) groups is 1. The molecule has 0 bridgehead atoms. The van der Waals surface area contributed by atoms with Gasteiger partial charge in [-0.25, -0.2) is 0 Å². The molecule has 0 atom stereocenters. The molecule has 21 heavy (non-hydrogen) atoms. The molecule has 0 aromatic heterocycles. The quantitative estimate of drug-likeness (QED) is 0.780. The predicted molar refractivity (Wildman–Crippen MR) is 85.0 cm³/mol. The van der Waals surface area contributed by atoms with Gasteiger partial charge in [0, 0.05) is 25.1 Å². The van der Waals surface area contributed by atoms with Crippen LogP contribution in [0.1, 0.15) is 29.6 Å². The Balaban J connectivity index is 2.21. The van der Waals surface area contributed by atoms with E-state index in [-0.39, 0.29) is 5.91 Å². The third-order valence-electron chi connectivity index (χ3n) is 3.49. The Morgan fingerprint density at radius 1 is 1.38 bits per heavy atom. The van der Waals surface area contributed by atoms with E-state index in [0.29, 0.717) is 41.1 Å². The summed E-state index contributed by atoms with van der Waals surface area (Å²) in [6, 6.07) is 5.50. The summed E-state index contributed by atoms with van der Waals surface area (Å²) in [4.78, 5) is 15.0. The van der Waals surface area contributed by atoms with E-state index in [1.807, 2.05) is 4.90 Å². The Morgan fingerprint density at radius 3 is 2.62 bits per heavy atom. The lowest BCUT2D eigenvalue weighted by Crippen LogP contribution is -2.35. The number of hydrogen-bond donors (Lipinski definition) is 1. The molecule has 0 aliphatic heterocycles. The Labute approximate surface area is 130 Å². The maximum atomic E-state index is 12.7.